The summed E-state index contributed by atoms with van der Waals surface area (Å²) in [5.74, 6) is -1.40. The number of carboxylic acids is 1. The number of unbranched alkanes of at least 4 members (excludes halogenated alkanes) is 6. The summed E-state index contributed by atoms with van der Waals surface area (Å²) in [4.78, 5) is 33.5. The second-order valence-electron chi connectivity index (χ2n) is 12.4. The Morgan fingerprint density at radius 3 is 1.05 bits per heavy atom. The molecule has 0 atom stereocenters. The zero-order chi connectivity index (χ0) is 40.7. The minimum Gasteiger partial charge on any atom is -0.481 e. The molecule has 0 aliphatic rings. The first-order chi connectivity index (χ1) is 27.6. The highest BCUT2D eigenvalue weighted by molar-refractivity contribution is 5.80. The maximum absolute atomic E-state index is 11.7. The number of esters is 1. The summed E-state index contributed by atoms with van der Waals surface area (Å²) in [6.45, 7) is 13.2. The SMILES string of the molecule is CCCCCCCCCC(=O)OCCOCCOCCOCCOCCOCCOCCOCCOCCOCCOCCOCCCNC(=O)CCC(=O)O. The smallest absolute Gasteiger partial charge is 0.305 e. The minimum absolute atomic E-state index is 0.0132. The fourth-order valence-corrected chi connectivity index (χ4v) is 4.53. The van der Waals surface area contributed by atoms with Gasteiger partial charge in [0.2, 0.25) is 5.91 Å². The van der Waals surface area contributed by atoms with Gasteiger partial charge < -0.3 is 67.3 Å². The van der Waals surface area contributed by atoms with Gasteiger partial charge in [-0.1, -0.05) is 45.4 Å². The number of amides is 1. The van der Waals surface area contributed by atoms with Crippen LogP contribution in [-0.4, -0.2) is 181 Å². The molecule has 0 aromatic carbocycles. The van der Waals surface area contributed by atoms with E-state index in [1.807, 2.05) is 0 Å². The number of ether oxygens (including phenoxy) is 12. The number of carbonyl (C=O) groups is 3. The van der Waals surface area contributed by atoms with Crippen LogP contribution in [-0.2, 0) is 71.2 Å². The third-order valence-corrected chi connectivity index (χ3v) is 7.55. The van der Waals surface area contributed by atoms with Crippen LogP contribution in [0.4, 0.5) is 0 Å². The van der Waals surface area contributed by atoms with E-state index in [0.717, 1.165) is 12.8 Å². The Balaban J connectivity index is 3.12. The molecular formula is C39H75NO16. The molecule has 0 aromatic rings. The zero-order valence-electron chi connectivity index (χ0n) is 34.3. The van der Waals surface area contributed by atoms with Gasteiger partial charge >= 0.3 is 11.9 Å². The molecule has 0 rings (SSSR count). The summed E-state index contributed by atoms with van der Waals surface area (Å²) in [7, 11) is 0. The first kappa shape index (κ1) is 54.0. The molecule has 0 aromatic heterocycles. The molecule has 56 heavy (non-hydrogen) atoms. The zero-order valence-corrected chi connectivity index (χ0v) is 34.3. The topological polar surface area (TPSA) is 194 Å². The van der Waals surface area contributed by atoms with Gasteiger partial charge in [-0.15, -0.1) is 0 Å². The van der Waals surface area contributed by atoms with E-state index in [1.165, 1.54) is 32.1 Å². The van der Waals surface area contributed by atoms with Gasteiger partial charge in [0.05, 0.1) is 145 Å². The van der Waals surface area contributed by atoms with Crippen molar-refractivity contribution in [1.29, 1.82) is 0 Å². The van der Waals surface area contributed by atoms with Crippen LogP contribution < -0.4 is 5.32 Å². The van der Waals surface area contributed by atoms with Crippen molar-refractivity contribution in [2.24, 2.45) is 0 Å². The lowest BCUT2D eigenvalue weighted by Gasteiger charge is -2.09. The summed E-state index contributed by atoms with van der Waals surface area (Å²) < 4.78 is 65.3. The molecule has 0 unspecified atom stereocenters. The molecular weight excluding hydrogens is 738 g/mol. The highest BCUT2D eigenvalue weighted by atomic mass is 16.6. The highest BCUT2D eigenvalue weighted by Crippen LogP contribution is 2.08. The number of rotatable bonds is 48. The van der Waals surface area contributed by atoms with E-state index in [4.69, 9.17) is 61.9 Å². The lowest BCUT2D eigenvalue weighted by atomic mass is 10.1. The van der Waals surface area contributed by atoms with Crippen molar-refractivity contribution in [3.05, 3.63) is 0 Å². The summed E-state index contributed by atoms with van der Waals surface area (Å²) in [5.41, 5.74) is 0. The van der Waals surface area contributed by atoms with E-state index in [9.17, 15) is 14.4 Å². The molecule has 1 amide bonds. The summed E-state index contributed by atoms with van der Waals surface area (Å²) in [6, 6.07) is 0. The van der Waals surface area contributed by atoms with Crippen LogP contribution in [0, 0.1) is 0 Å². The molecule has 17 nitrogen and oxygen atoms in total. The minimum atomic E-state index is -0.985. The fourth-order valence-electron chi connectivity index (χ4n) is 4.53. The van der Waals surface area contributed by atoms with Gasteiger partial charge in [-0.2, -0.15) is 0 Å². The van der Waals surface area contributed by atoms with Crippen molar-refractivity contribution >= 4 is 17.8 Å². The molecule has 0 aliphatic heterocycles. The molecule has 0 aliphatic carbocycles. The van der Waals surface area contributed by atoms with E-state index in [2.05, 4.69) is 12.2 Å². The van der Waals surface area contributed by atoms with Gasteiger partial charge in [0, 0.05) is 26.0 Å². The predicted molar refractivity (Wildman–Crippen MR) is 207 cm³/mol. The second-order valence-corrected chi connectivity index (χ2v) is 12.4. The Kier molecular flexibility index (Phi) is 45.6. The third kappa shape index (κ3) is 48.1. The average Bonchev–Trinajstić information content (AvgIpc) is 3.19. The Morgan fingerprint density at radius 1 is 0.375 bits per heavy atom. The third-order valence-electron chi connectivity index (χ3n) is 7.55. The molecule has 0 saturated carbocycles. The van der Waals surface area contributed by atoms with Crippen LogP contribution in [0.3, 0.4) is 0 Å². The van der Waals surface area contributed by atoms with Crippen LogP contribution in [0.25, 0.3) is 0 Å². The lowest BCUT2D eigenvalue weighted by molar-refractivity contribution is -0.145. The van der Waals surface area contributed by atoms with Crippen LogP contribution in [0.2, 0.25) is 0 Å². The Morgan fingerprint density at radius 2 is 0.696 bits per heavy atom. The van der Waals surface area contributed by atoms with Crippen molar-refractivity contribution < 1.29 is 76.3 Å². The quantitative estimate of drug-likeness (QED) is 0.0671. The van der Waals surface area contributed by atoms with Crippen LogP contribution in [0.1, 0.15) is 77.6 Å². The molecule has 0 saturated heterocycles. The molecule has 0 spiro atoms. The van der Waals surface area contributed by atoms with Crippen molar-refractivity contribution in [2.75, 3.05) is 159 Å². The van der Waals surface area contributed by atoms with E-state index in [-0.39, 0.29) is 31.3 Å². The maximum Gasteiger partial charge on any atom is 0.305 e. The Labute approximate surface area is 335 Å². The molecule has 2 N–H and O–H groups in total. The lowest BCUT2D eigenvalue weighted by Crippen LogP contribution is -2.25. The Bertz CT molecular complexity index is 841. The number of carboxylic acid groups (broad SMARTS) is 1. The predicted octanol–water partition coefficient (Wildman–Crippen LogP) is 3.22. The summed E-state index contributed by atoms with van der Waals surface area (Å²) in [6.07, 6.45) is 9.21. The number of hydrogen-bond acceptors (Lipinski definition) is 15. The van der Waals surface area contributed by atoms with Crippen LogP contribution >= 0.6 is 0 Å². The van der Waals surface area contributed by atoms with Gasteiger partial charge in [0.1, 0.15) is 6.61 Å². The van der Waals surface area contributed by atoms with Gasteiger partial charge in [-0.3, -0.25) is 14.4 Å². The number of carbonyl (C=O) groups excluding carboxylic acids is 2. The fraction of sp³-hybridized carbons (Fsp3) is 0.923. The van der Waals surface area contributed by atoms with Crippen molar-refractivity contribution in [2.45, 2.75) is 77.6 Å². The molecule has 0 bridgehead atoms. The second kappa shape index (κ2) is 47.3. The monoisotopic (exact) mass is 814 g/mol. The molecule has 17 heteroatoms. The van der Waals surface area contributed by atoms with E-state index < -0.39 is 5.97 Å². The molecule has 0 heterocycles. The summed E-state index contributed by atoms with van der Waals surface area (Å²) >= 11 is 0. The van der Waals surface area contributed by atoms with Crippen molar-refractivity contribution in [3.8, 4) is 0 Å². The van der Waals surface area contributed by atoms with Gasteiger partial charge in [-0.25, -0.2) is 0 Å². The number of hydrogen-bond donors (Lipinski definition) is 2. The number of nitrogens with one attached hydrogen (secondary N) is 1. The van der Waals surface area contributed by atoms with Crippen LogP contribution in [0.5, 0.6) is 0 Å². The first-order valence-electron chi connectivity index (χ1n) is 20.6. The van der Waals surface area contributed by atoms with E-state index in [0.29, 0.717) is 165 Å². The van der Waals surface area contributed by atoms with Gasteiger partial charge in [0.25, 0.3) is 0 Å². The largest absolute Gasteiger partial charge is 0.481 e. The normalized spacial score (nSPS) is 11.3. The van der Waals surface area contributed by atoms with Gasteiger partial charge in [0.15, 0.2) is 0 Å². The Hall–Kier alpha value is -2.03. The first-order valence-corrected chi connectivity index (χ1v) is 20.6. The van der Waals surface area contributed by atoms with Gasteiger partial charge in [-0.05, 0) is 12.8 Å². The summed E-state index contributed by atoms with van der Waals surface area (Å²) in [5, 5.41) is 11.2. The van der Waals surface area contributed by atoms with Crippen molar-refractivity contribution in [1.82, 2.24) is 5.32 Å². The average molecular weight is 814 g/mol. The standard InChI is InChI=1S/C39H75NO16/c1-2-3-4-5-6-7-8-10-39(44)56-36-35-55-34-33-54-32-31-53-30-29-52-28-27-51-26-25-50-24-23-49-22-21-48-20-19-47-18-17-46-16-15-45-14-9-13-40-37(41)11-12-38(42)43/h2-36H2,1H3,(H,40,41)(H,42,43). The van der Waals surface area contributed by atoms with E-state index in [1.54, 1.807) is 0 Å². The number of aliphatic carboxylic acids is 1. The van der Waals surface area contributed by atoms with Crippen molar-refractivity contribution in [3.63, 3.8) is 0 Å². The maximum atomic E-state index is 11.7. The molecule has 0 fully saturated rings. The molecule has 0 radical (unpaired) electrons. The van der Waals surface area contributed by atoms with E-state index >= 15 is 0 Å². The highest BCUT2D eigenvalue weighted by Gasteiger charge is 2.05. The van der Waals surface area contributed by atoms with Crippen LogP contribution in [0.15, 0.2) is 0 Å². The molecule has 332 valence electrons.